The van der Waals surface area contributed by atoms with Crippen LogP contribution >= 0.6 is 0 Å². The Morgan fingerprint density at radius 3 is 2.83 bits per heavy atom. The monoisotopic (exact) mass is 388 g/mol. The number of benzene rings is 2. The number of carbonyl (C=O) groups is 2. The van der Waals surface area contributed by atoms with Crippen LogP contribution in [0.3, 0.4) is 0 Å². The predicted molar refractivity (Wildman–Crippen MR) is 106 cm³/mol. The van der Waals surface area contributed by atoms with Crippen molar-refractivity contribution in [2.24, 2.45) is 7.05 Å². The maximum atomic E-state index is 13.4. The van der Waals surface area contributed by atoms with Crippen LogP contribution in [0.2, 0.25) is 0 Å². The number of amides is 2. The third-order valence-electron chi connectivity index (χ3n) is 6.04. The highest BCUT2D eigenvalue weighted by Gasteiger charge is 2.60. The topological polar surface area (TPSA) is 87.5 Å². The third-order valence-corrected chi connectivity index (χ3v) is 6.04. The molecule has 5 rings (SSSR count). The molecule has 146 valence electrons. The number of nitrogens with one attached hydrogen (secondary N) is 1. The minimum absolute atomic E-state index is 0.0299. The minimum atomic E-state index is -0.901. The Morgan fingerprint density at radius 2 is 2.07 bits per heavy atom. The van der Waals surface area contributed by atoms with Crippen LogP contribution in [-0.2, 0) is 17.3 Å². The number of phenolic OH excluding ortho intramolecular Hbond substituents is 1. The Balaban J connectivity index is 1.68. The zero-order valence-corrected chi connectivity index (χ0v) is 15.9. The Hall–Kier alpha value is -3.61. The van der Waals surface area contributed by atoms with Gasteiger partial charge in [-0.15, -0.1) is 0 Å². The number of rotatable bonds is 2. The molecule has 0 unspecified atom stereocenters. The van der Waals surface area contributed by atoms with Gasteiger partial charge in [0.2, 0.25) is 5.91 Å². The summed E-state index contributed by atoms with van der Waals surface area (Å²) in [5.41, 5.74) is 1.16. The van der Waals surface area contributed by atoms with E-state index in [1.807, 2.05) is 42.1 Å². The first-order chi connectivity index (χ1) is 14.0. The third kappa shape index (κ3) is 2.40. The van der Waals surface area contributed by atoms with E-state index in [9.17, 15) is 14.7 Å². The maximum Gasteiger partial charge on any atom is 0.254 e. The highest BCUT2D eigenvalue weighted by Crippen LogP contribution is 2.54. The second kappa shape index (κ2) is 6.20. The summed E-state index contributed by atoms with van der Waals surface area (Å²) < 4.78 is 1.86. The first-order valence-corrected chi connectivity index (χ1v) is 9.50. The first kappa shape index (κ1) is 17.5. The van der Waals surface area contributed by atoms with Crippen LogP contribution in [0.5, 0.6) is 5.75 Å². The number of para-hydroxylation sites is 1. The number of nitrogens with zero attached hydrogens (tertiary/aromatic N) is 3. The maximum absolute atomic E-state index is 13.4. The van der Waals surface area contributed by atoms with Gasteiger partial charge in [0.1, 0.15) is 23.0 Å². The van der Waals surface area contributed by atoms with Gasteiger partial charge in [0.05, 0.1) is 0 Å². The highest BCUT2D eigenvalue weighted by molar-refractivity contribution is 6.08. The lowest BCUT2D eigenvalue weighted by molar-refractivity contribution is -0.121. The first-order valence-electron chi connectivity index (χ1n) is 9.50. The smallest absolute Gasteiger partial charge is 0.254 e. The molecule has 3 aromatic rings. The van der Waals surface area contributed by atoms with Crippen molar-refractivity contribution in [1.82, 2.24) is 14.5 Å². The summed E-state index contributed by atoms with van der Waals surface area (Å²) >= 11 is 0. The van der Waals surface area contributed by atoms with Crippen LogP contribution < -0.4 is 5.32 Å². The fraction of sp³-hybridized carbons (Fsp3) is 0.227. The summed E-state index contributed by atoms with van der Waals surface area (Å²) in [6, 6.07) is 13.4. The number of carbonyl (C=O) groups excluding carboxylic acids is 2. The zero-order valence-electron chi connectivity index (χ0n) is 15.9. The van der Waals surface area contributed by atoms with E-state index in [-0.39, 0.29) is 17.6 Å². The fourth-order valence-corrected chi connectivity index (χ4v) is 4.71. The summed E-state index contributed by atoms with van der Waals surface area (Å²) in [6.07, 6.45) is 3.99. The molecular formula is C22H20N4O3. The lowest BCUT2D eigenvalue weighted by Gasteiger charge is -2.33. The molecule has 0 aliphatic carbocycles. The lowest BCUT2D eigenvalue weighted by Crippen LogP contribution is -2.43. The molecule has 1 fully saturated rings. The number of hydrogen-bond acceptors (Lipinski definition) is 4. The van der Waals surface area contributed by atoms with E-state index >= 15 is 0 Å². The van der Waals surface area contributed by atoms with Crippen molar-refractivity contribution in [3.63, 3.8) is 0 Å². The van der Waals surface area contributed by atoms with Gasteiger partial charge in [0.25, 0.3) is 5.91 Å². The molecule has 2 amide bonds. The molecule has 2 atom stereocenters. The van der Waals surface area contributed by atoms with E-state index in [4.69, 9.17) is 0 Å². The van der Waals surface area contributed by atoms with Gasteiger partial charge in [0.15, 0.2) is 0 Å². The van der Waals surface area contributed by atoms with E-state index in [1.54, 1.807) is 23.2 Å². The largest absolute Gasteiger partial charge is 0.508 e. The van der Waals surface area contributed by atoms with Crippen molar-refractivity contribution in [1.29, 1.82) is 0 Å². The van der Waals surface area contributed by atoms with Gasteiger partial charge < -0.3 is 19.9 Å². The second-order valence-corrected chi connectivity index (χ2v) is 7.57. The summed E-state index contributed by atoms with van der Waals surface area (Å²) in [7, 11) is 1.87. The van der Waals surface area contributed by atoms with Crippen LogP contribution in [-0.4, -0.2) is 37.9 Å². The van der Waals surface area contributed by atoms with Gasteiger partial charge >= 0.3 is 0 Å². The molecule has 29 heavy (non-hydrogen) atoms. The number of likely N-dealkylation sites (tertiary alicyclic amines) is 1. The molecule has 7 heteroatoms. The summed E-state index contributed by atoms with van der Waals surface area (Å²) in [5.74, 6) is 0.339. The summed E-state index contributed by atoms with van der Waals surface area (Å²) in [6.45, 7) is 0.410. The molecule has 0 bridgehead atoms. The van der Waals surface area contributed by atoms with Crippen LogP contribution in [0.1, 0.15) is 34.2 Å². The van der Waals surface area contributed by atoms with Crippen molar-refractivity contribution in [3.8, 4) is 5.75 Å². The number of aromatic hydroxyl groups is 1. The van der Waals surface area contributed by atoms with Gasteiger partial charge in [-0.1, -0.05) is 24.3 Å². The quantitative estimate of drug-likeness (QED) is 0.706. The molecule has 1 saturated heterocycles. The highest BCUT2D eigenvalue weighted by atomic mass is 16.3. The number of aryl methyl sites for hydroxylation is 1. The average Bonchev–Trinajstić information content (AvgIpc) is 3.38. The Labute approximate surface area is 167 Å². The van der Waals surface area contributed by atoms with E-state index < -0.39 is 11.5 Å². The minimum Gasteiger partial charge on any atom is -0.508 e. The molecule has 0 radical (unpaired) electrons. The molecule has 7 nitrogen and oxygen atoms in total. The molecular weight excluding hydrogens is 368 g/mol. The van der Waals surface area contributed by atoms with Crippen LogP contribution in [0.15, 0.2) is 60.9 Å². The number of aromatic nitrogens is 2. The van der Waals surface area contributed by atoms with Crippen LogP contribution in [0.25, 0.3) is 0 Å². The van der Waals surface area contributed by atoms with E-state index in [0.29, 0.717) is 24.4 Å². The van der Waals surface area contributed by atoms with Gasteiger partial charge in [-0.05, 0) is 36.2 Å². The summed E-state index contributed by atoms with van der Waals surface area (Å²) in [4.78, 5) is 32.9. The van der Waals surface area contributed by atoms with Gasteiger partial charge in [0, 0.05) is 37.2 Å². The van der Waals surface area contributed by atoms with E-state index in [2.05, 4.69) is 10.3 Å². The lowest BCUT2D eigenvalue weighted by atomic mass is 9.74. The van der Waals surface area contributed by atoms with Crippen LogP contribution in [0.4, 0.5) is 5.69 Å². The molecule has 3 heterocycles. The van der Waals surface area contributed by atoms with Gasteiger partial charge in [-0.2, -0.15) is 0 Å². The van der Waals surface area contributed by atoms with Crippen molar-refractivity contribution >= 4 is 17.5 Å². The molecule has 2 aromatic carbocycles. The summed E-state index contributed by atoms with van der Waals surface area (Å²) in [5, 5.41) is 12.8. The molecule has 1 spiro atoms. The SMILES string of the molecule is Cn1ccnc1[C@@H]1N(C(=O)c2cccc(O)c2)CC[C@]12C(=O)Nc1ccccc12. The zero-order chi connectivity index (χ0) is 20.2. The van der Waals surface area contributed by atoms with E-state index in [1.165, 1.54) is 12.1 Å². The molecule has 2 aliphatic heterocycles. The van der Waals surface area contributed by atoms with Gasteiger partial charge in [-0.25, -0.2) is 4.98 Å². The van der Waals surface area contributed by atoms with Crippen molar-refractivity contribution in [3.05, 3.63) is 77.9 Å². The predicted octanol–water partition coefficient (Wildman–Crippen LogP) is 2.60. The van der Waals surface area contributed by atoms with Crippen molar-refractivity contribution in [2.75, 3.05) is 11.9 Å². The number of anilines is 1. The van der Waals surface area contributed by atoms with Crippen LogP contribution in [0, 0.1) is 0 Å². The number of fused-ring (bicyclic) bond motifs is 2. The number of imidazole rings is 1. The molecule has 2 aliphatic rings. The fourth-order valence-electron chi connectivity index (χ4n) is 4.71. The Bertz CT molecular complexity index is 1140. The molecule has 1 aromatic heterocycles. The standard InChI is InChI=1S/C22H20N4O3/c1-25-12-10-23-19(25)18-22(16-7-2-3-8-17(16)24-21(22)29)9-11-26(18)20(28)14-5-4-6-15(27)13-14/h2-8,10,12-13,18,27H,9,11H2,1H3,(H,24,29)/t18-,22+/m0/s1. The second-order valence-electron chi connectivity index (χ2n) is 7.57. The average molecular weight is 388 g/mol. The van der Waals surface area contributed by atoms with Crippen molar-refractivity contribution in [2.45, 2.75) is 17.9 Å². The number of hydrogen-bond donors (Lipinski definition) is 2. The van der Waals surface area contributed by atoms with Gasteiger partial charge in [-0.3, -0.25) is 9.59 Å². The number of phenols is 1. The van der Waals surface area contributed by atoms with Crippen molar-refractivity contribution < 1.29 is 14.7 Å². The Morgan fingerprint density at radius 1 is 1.24 bits per heavy atom. The normalized spacial score (nSPS) is 22.7. The molecule has 2 N–H and O–H groups in total. The van der Waals surface area contributed by atoms with E-state index in [0.717, 1.165) is 11.3 Å². The molecule has 0 saturated carbocycles. The Kier molecular flexibility index (Phi) is 3.74.